The van der Waals surface area contributed by atoms with Gasteiger partial charge in [0.15, 0.2) is 0 Å². The van der Waals surface area contributed by atoms with Gasteiger partial charge in [0.05, 0.1) is 50.6 Å². The van der Waals surface area contributed by atoms with Crippen molar-refractivity contribution in [1.82, 2.24) is 10.6 Å². The summed E-state index contributed by atoms with van der Waals surface area (Å²) < 4.78 is 0. The minimum atomic E-state index is 0. The molecule has 22 heavy (non-hydrogen) atoms. The number of nitrogens with one attached hydrogen (secondary N) is 2. The first-order valence-corrected chi connectivity index (χ1v) is 7.98. The molecule has 0 saturated carbocycles. The van der Waals surface area contributed by atoms with Crippen molar-refractivity contribution in [3.05, 3.63) is 0 Å². The van der Waals surface area contributed by atoms with Crippen LogP contribution < -0.4 is 46.1 Å². The summed E-state index contributed by atoms with van der Waals surface area (Å²) in [5.41, 5.74) is 0.601. The van der Waals surface area contributed by atoms with E-state index >= 15 is 0 Å². The Hall–Kier alpha value is -0.240. The van der Waals surface area contributed by atoms with Crippen LogP contribution in [0.4, 0.5) is 0 Å². The van der Waals surface area contributed by atoms with Gasteiger partial charge in [-0.3, -0.25) is 20.6 Å². The van der Waals surface area contributed by atoms with Gasteiger partial charge in [0.2, 0.25) is 0 Å². The molecule has 0 aliphatic carbocycles. The van der Waals surface area contributed by atoms with Crippen molar-refractivity contribution < 1.29 is 35.4 Å². The van der Waals surface area contributed by atoms with Crippen molar-refractivity contribution in [2.75, 3.05) is 39.5 Å². The average Bonchev–Trinajstić information content (AvgIpc) is 3.12. The smallest absolute Gasteiger partial charge is 0.0888 e. The molecule has 0 radical (unpaired) electrons. The molecule has 6 N–H and O–H groups in total. The normalized spacial score (nSPS) is 26.9. The minimum Gasteiger partial charge on any atom is -1.00 e. The molecule has 0 atom stereocenters. The molecule has 6 nitrogen and oxygen atoms in total. The molecule has 0 aromatic rings. The predicted octanol–water partition coefficient (Wildman–Crippen LogP) is -8.56. The van der Waals surface area contributed by atoms with Crippen LogP contribution in [0, 0.1) is 0 Å². The summed E-state index contributed by atoms with van der Waals surface area (Å²) >= 11 is 0. The monoisotopic (exact) mass is 350 g/mol. The molecule has 4 rings (SSSR count). The molecule has 0 aromatic heterocycles. The zero-order chi connectivity index (χ0) is 13.7. The number of nitrogens with two attached hydrogens (primary N) is 2. The number of quaternary nitrogens is 2. The first-order valence-electron chi connectivity index (χ1n) is 7.98. The van der Waals surface area contributed by atoms with Gasteiger partial charge in [0.25, 0.3) is 0 Å². The van der Waals surface area contributed by atoms with Crippen molar-refractivity contribution in [3.63, 3.8) is 0 Å². The van der Waals surface area contributed by atoms with Gasteiger partial charge in [0, 0.05) is 38.1 Å². The lowest BCUT2D eigenvalue weighted by atomic mass is 9.91. The number of halogens is 2. The van der Waals surface area contributed by atoms with Crippen LogP contribution in [-0.2, 0) is 0 Å². The van der Waals surface area contributed by atoms with E-state index in [0.29, 0.717) is 11.1 Å². The fourth-order valence-electron chi connectivity index (χ4n) is 3.53. The highest BCUT2D eigenvalue weighted by Crippen LogP contribution is 2.16. The van der Waals surface area contributed by atoms with E-state index in [0.717, 1.165) is 13.3 Å². The second-order valence-corrected chi connectivity index (χ2v) is 6.34. The molecule has 4 heterocycles. The Morgan fingerprint density at radius 3 is 1.32 bits per heavy atom. The van der Waals surface area contributed by atoms with Crippen LogP contribution in [0.1, 0.15) is 25.7 Å². The molecular formula is C14H28Cl2N6. The summed E-state index contributed by atoms with van der Waals surface area (Å²) in [4.78, 5) is 8.42. The van der Waals surface area contributed by atoms with Crippen LogP contribution in [0.3, 0.4) is 0 Å². The Morgan fingerprint density at radius 2 is 1.05 bits per heavy atom. The van der Waals surface area contributed by atoms with Crippen molar-refractivity contribution in [1.29, 1.82) is 0 Å². The lowest BCUT2D eigenvalue weighted by Crippen LogP contribution is -3.00. The van der Waals surface area contributed by atoms with Crippen molar-refractivity contribution in [3.8, 4) is 0 Å². The third-order valence-electron chi connectivity index (χ3n) is 4.90. The van der Waals surface area contributed by atoms with Crippen LogP contribution in [-0.4, -0.2) is 63.0 Å². The van der Waals surface area contributed by atoms with E-state index in [1.165, 1.54) is 51.9 Å². The standard InChI is InChI=1S/2C7H13N3.2ClH/c2*1-3-8-4-2-7(1)5-9-6-10-7;;/h2*5,8,10H,1-4,6H2;2*1H. The van der Waals surface area contributed by atoms with Crippen molar-refractivity contribution in [2.24, 2.45) is 9.98 Å². The molecule has 2 spiro atoms. The van der Waals surface area contributed by atoms with E-state index in [9.17, 15) is 0 Å². The summed E-state index contributed by atoms with van der Waals surface area (Å²) in [7, 11) is 0. The van der Waals surface area contributed by atoms with Crippen LogP contribution >= 0.6 is 0 Å². The van der Waals surface area contributed by atoms with Gasteiger partial charge in [0.1, 0.15) is 0 Å². The van der Waals surface area contributed by atoms with Gasteiger partial charge in [-0.15, -0.1) is 0 Å². The van der Waals surface area contributed by atoms with E-state index in [2.05, 4.69) is 43.7 Å². The molecule has 4 aliphatic rings. The minimum absolute atomic E-state index is 0. The Labute approximate surface area is 145 Å². The molecule has 0 amide bonds. The summed E-state index contributed by atoms with van der Waals surface area (Å²) in [6, 6.07) is 0. The second-order valence-electron chi connectivity index (χ2n) is 6.34. The Kier molecular flexibility index (Phi) is 8.24. The number of nitrogens with zero attached hydrogens (tertiary/aromatic N) is 2. The average molecular weight is 351 g/mol. The number of rotatable bonds is 0. The fourth-order valence-corrected chi connectivity index (χ4v) is 3.53. The zero-order valence-corrected chi connectivity index (χ0v) is 14.5. The molecule has 0 aromatic carbocycles. The third kappa shape index (κ3) is 4.88. The van der Waals surface area contributed by atoms with Gasteiger partial charge in [-0.05, 0) is 0 Å². The maximum absolute atomic E-state index is 4.21. The number of piperidine rings is 2. The van der Waals surface area contributed by atoms with E-state index in [1.54, 1.807) is 0 Å². The van der Waals surface area contributed by atoms with Crippen LogP contribution in [0.5, 0.6) is 0 Å². The zero-order valence-electron chi connectivity index (χ0n) is 13.0. The Morgan fingerprint density at radius 1 is 0.682 bits per heavy atom. The number of aliphatic imine (C=N–C) groups is 2. The number of hydrogen-bond donors (Lipinski definition) is 4. The highest BCUT2D eigenvalue weighted by molar-refractivity contribution is 5.72. The van der Waals surface area contributed by atoms with Crippen LogP contribution in [0.25, 0.3) is 0 Å². The fraction of sp³-hybridized carbons (Fsp3) is 0.857. The predicted molar refractivity (Wildman–Crippen MR) is 80.2 cm³/mol. The summed E-state index contributed by atoms with van der Waals surface area (Å²) in [6.45, 7) is 6.66. The summed E-state index contributed by atoms with van der Waals surface area (Å²) in [5.74, 6) is 0. The van der Waals surface area contributed by atoms with Gasteiger partial charge < -0.3 is 35.4 Å². The first-order chi connectivity index (χ1) is 9.83. The maximum Gasteiger partial charge on any atom is 0.0888 e. The van der Waals surface area contributed by atoms with E-state index < -0.39 is 0 Å². The second kappa shape index (κ2) is 9.15. The van der Waals surface area contributed by atoms with E-state index in [1.807, 2.05) is 0 Å². The van der Waals surface area contributed by atoms with E-state index in [4.69, 9.17) is 0 Å². The molecular weight excluding hydrogens is 323 g/mol. The molecule has 0 bridgehead atoms. The highest BCUT2D eigenvalue weighted by atomic mass is 35.5. The van der Waals surface area contributed by atoms with E-state index in [-0.39, 0.29) is 24.8 Å². The third-order valence-corrected chi connectivity index (χ3v) is 4.90. The quantitative estimate of drug-likeness (QED) is 0.350. The molecule has 2 fully saturated rings. The molecule has 128 valence electrons. The van der Waals surface area contributed by atoms with Gasteiger partial charge in [-0.1, -0.05) is 0 Å². The van der Waals surface area contributed by atoms with Crippen molar-refractivity contribution in [2.45, 2.75) is 36.8 Å². The van der Waals surface area contributed by atoms with Gasteiger partial charge in [-0.2, -0.15) is 0 Å². The topological polar surface area (TPSA) is 82.0 Å². The Bertz CT molecular complexity index is 340. The summed E-state index contributed by atoms with van der Waals surface area (Å²) in [6.07, 6.45) is 9.21. The van der Waals surface area contributed by atoms with Crippen LogP contribution in [0.15, 0.2) is 9.98 Å². The highest BCUT2D eigenvalue weighted by Gasteiger charge is 2.34. The van der Waals surface area contributed by atoms with Gasteiger partial charge in [-0.25, -0.2) is 0 Å². The largest absolute Gasteiger partial charge is 1.00 e. The van der Waals surface area contributed by atoms with Gasteiger partial charge >= 0.3 is 0 Å². The molecule has 8 heteroatoms. The molecule has 2 saturated heterocycles. The van der Waals surface area contributed by atoms with Crippen molar-refractivity contribution >= 4 is 12.4 Å². The maximum atomic E-state index is 4.21. The number of hydrogen-bond acceptors (Lipinski definition) is 4. The van der Waals surface area contributed by atoms with Crippen LogP contribution in [0.2, 0.25) is 0 Å². The summed E-state index contributed by atoms with van der Waals surface area (Å²) in [5, 5.41) is 11.6. The molecule has 4 aliphatic heterocycles. The molecule has 0 unspecified atom stereocenters. The first kappa shape index (κ1) is 19.8. The lowest BCUT2D eigenvalue weighted by molar-refractivity contribution is -0.664. The lowest BCUT2D eigenvalue weighted by Gasteiger charge is -2.29. The Balaban J connectivity index is 0.000000202. The SMILES string of the molecule is C1=NCNC12CC[NH2+]CC2.C1=NCNC12CC[NH2+]CC2.[Cl-].[Cl-].